The minimum Gasteiger partial charge on any atom is -0.492 e. The van der Waals surface area contributed by atoms with Gasteiger partial charge >= 0.3 is 0 Å². The number of carbonyl (C=O) groups is 1. The largest absolute Gasteiger partial charge is 0.492 e. The van der Waals surface area contributed by atoms with E-state index in [1.54, 1.807) is 18.2 Å². The highest BCUT2D eigenvalue weighted by Crippen LogP contribution is 2.22. The number of hydrogen-bond donors (Lipinski definition) is 2. The zero-order chi connectivity index (χ0) is 14.5. The van der Waals surface area contributed by atoms with Crippen LogP contribution in [0.3, 0.4) is 0 Å². The van der Waals surface area contributed by atoms with Crippen LogP contribution in [0.5, 0.6) is 5.75 Å². The van der Waals surface area contributed by atoms with E-state index in [1.807, 2.05) is 19.2 Å². The monoisotopic (exact) mass is 291 g/mol. The van der Waals surface area contributed by atoms with Gasteiger partial charge in [-0.3, -0.25) is 4.79 Å². The summed E-state index contributed by atoms with van der Waals surface area (Å²) in [4.78, 5) is 16.3. The predicted molar refractivity (Wildman–Crippen MR) is 80.0 cm³/mol. The highest BCUT2D eigenvalue weighted by Gasteiger charge is 2.09. The normalized spacial score (nSPS) is 10.3. The Balaban J connectivity index is 2.00. The average molecular weight is 291 g/mol. The molecule has 0 saturated heterocycles. The van der Waals surface area contributed by atoms with E-state index in [1.165, 1.54) is 11.3 Å². The predicted octanol–water partition coefficient (Wildman–Crippen LogP) is 2.36. The Morgan fingerprint density at radius 2 is 2.30 bits per heavy atom. The summed E-state index contributed by atoms with van der Waals surface area (Å²) in [6.07, 6.45) is 0. The van der Waals surface area contributed by atoms with Gasteiger partial charge in [0.1, 0.15) is 10.8 Å². The van der Waals surface area contributed by atoms with Crippen molar-refractivity contribution in [3.8, 4) is 5.75 Å². The maximum Gasteiger partial charge on any atom is 0.251 e. The maximum absolute atomic E-state index is 12.0. The summed E-state index contributed by atoms with van der Waals surface area (Å²) in [5.41, 5.74) is 7.78. The molecule has 106 valence electrons. The zero-order valence-electron chi connectivity index (χ0n) is 11.5. The van der Waals surface area contributed by atoms with Crippen LogP contribution in [0.4, 0.5) is 5.69 Å². The lowest BCUT2D eigenvalue weighted by atomic mass is 10.2. The summed E-state index contributed by atoms with van der Waals surface area (Å²) in [6, 6.07) is 5.03. The first kappa shape index (κ1) is 14.3. The van der Waals surface area contributed by atoms with Crippen LogP contribution in [-0.4, -0.2) is 17.5 Å². The molecule has 0 atom stereocenters. The molecule has 0 unspecified atom stereocenters. The van der Waals surface area contributed by atoms with Crippen molar-refractivity contribution in [2.75, 3.05) is 12.3 Å². The molecular formula is C14H17N3O2S. The Bertz CT molecular complexity index is 610. The molecule has 0 spiro atoms. The standard InChI is InChI=1S/C14H17N3O2S/c1-3-19-12-5-4-10(6-11(12)15)14(18)16-7-13-17-9(2)8-20-13/h4-6,8H,3,7,15H2,1-2H3,(H,16,18). The summed E-state index contributed by atoms with van der Waals surface area (Å²) in [6.45, 7) is 4.77. The molecule has 2 aromatic rings. The third-order valence-electron chi connectivity index (χ3n) is 2.64. The van der Waals surface area contributed by atoms with Gasteiger partial charge in [-0.25, -0.2) is 4.98 Å². The molecule has 0 aliphatic carbocycles. The van der Waals surface area contributed by atoms with Crippen LogP contribution in [0.25, 0.3) is 0 Å². The van der Waals surface area contributed by atoms with Gasteiger partial charge in [0.05, 0.1) is 18.8 Å². The van der Waals surface area contributed by atoms with Gasteiger partial charge in [0.15, 0.2) is 0 Å². The van der Waals surface area contributed by atoms with E-state index in [2.05, 4.69) is 10.3 Å². The van der Waals surface area contributed by atoms with Gasteiger partial charge in [0, 0.05) is 16.6 Å². The third kappa shape index (κ3) is 3.48. The molecule has 1 aromatic carbocycles. The second-order valence-corrected chi connectivity index (χ2v) is 5.19. The summed E-state index contributed by atoms with van der Waals surface area (Å²) in [5, 5.41) is 5.66. The van der Waals surface area contributed by atoms with Crippen LogP contribution in [-0.2, 0) is 6.54 Å². The second kappa shape index (κ2) is 6.38. The topological polar surface area (TPSA) is 77.2 Å². The molecule has 0 aliphatic heterocycles. The van der Waals surface area contributed by atoms with Crippen molar-refractivity contribution in [2.45, 2.75) is 20.4 Å². The van der Waals surface area contributed by atoms with Gasteiger partial charge in [-0.15, -0.1) is 11.3 Å². The SMILES string of the molecule is CCOc1ccc(C(=O)NCc2nc(C)cs2)cc1N. The van der Waals surface area contributed by atoms with Gasteiger partial charge in [0.25, 0.3) is 5.91 Å². The van der Waals surface area contributed by atoms with E-state index in [-0.39, 0.29) is 5.91 Å². The van der Waals surface area contributed by atoms with E-state index in [4.69, 9.17) is 10.5 Å². The molecule has 0 bridgehead atoms. The van der Waals surface area contributed by atoms with Crippen molar-refractivity contribution in [3.05, 3.63) is 39.8 Å². The summed E-state index contributed by atoms with van der Waals surface area (Å²) >= 11 is 1.53. The van der Waals surface area contributed by atoms with E-state index in [0.29, 0.717) is 30.2 Å². The number of nitrogens with zero attached hydrogens (tertiary/aromatic N) is 1. The molecule has 0 fully saturated rings. The number of nitrogens with two attached hydrogens (primary N) is 1. The number of rotatable bonds is 5. The first-order chi connectivity index (χ1) is 9.60. The lowest BCUT2D eigenvalue weighted by Gasteiger charge is -2.08. The molecule has 3 N–H and O–H groups in total. The van der Waals surface area contributed by atoms with Crippen molar-refractivity contribution in [1.29, 1.82) is 0 Å². The third-order valence-corrected chi connectivity index (χ3v) is 3.61. The summed E-state index contributed by atoms with van der Waals surface area (Å²) < 4.78 is 5.34. The highest BCUT2D eigenvalue weighted by atomic mass is 32.1. The van der Waals surface area contributed by atoms with E-state index >= 15 is 0 Å². The highest BCUT2D eigenvalue weighted by molar-refractivity contribution is 7.09. The van der Waals surface area contributed by atoms with Crippen molar-refractivity contribution in [2.24, 2.45) is 0 Å². The molecule has 2 rings (SSSR count). The fourth-order valence-corrected chi connectivity index (χ4v) is 2.43. The van der Waals surface area contributed by atoms with Crippen LogP contribution in [0.1, 0.15) is 28.0 Å². The summed E-state index contributed by atoms with van der Waals surface area (Å²) in [7, 11) is 0. The van der Waals surface area contributed by atoms with E-state index in [0.717, 1.165) is 10.7 Å². The second-order valence-electron chi connectivity index (χ2n) is 4.25. The molecule has 0 radical (unpaired) electrons. The van der Waals surface area contributed by atoms with Crippen molar-refractivity contribution in [3.63, 3.8) is 0 Å². The van der Waals surface area contributed by atoms with Crippen LogP contribution in [0, 0.1) is 6.92 Å². The minimum atomic E-state index is -0.174. The Morgan fingerprint density at radius 1 is 1.50 bits per heavy atom. The number of aryl methyl sites for hydroxylation is 1. The van der Waals surface area contributed by atoms with Gasteiger partial charge in [-0.05, 0) is 32.0 Å². The number of anilines is 1. The minimum absolute atomic E-state index is 0.174. The Hall–Kier alpha value is -2.08. The molecule has 1 amide bonds. The number of amides is 1. The number of ether oxygens (including phenoxy) is 1. The molecule has 1 aromatic heterocycles. The van der Waals surface area contributed by atoms with Crippen LogP contribution < -0.4 is 15.8 Å². The maximum atomic E-state index is 12.0. The van der Waals surface area contributed by atoms with Gasteiger partial charge in [-0.2, -0.15) is 0 Å². The Morgan fingerprint density at radius 3 is 2.90 bits per heavy atom. The quantitative estimate of drug-likeness (QED) is 0.829. The average Bonchev–Trinajstić information content (AvgIpc) is 2.84. The number of hydrogen-bond acceptors (Lipinski definition) is 5. The lowest BCUT2D eigenvalue weighted by molar-refractivity contribution is 0.0951. The molecule has 0 saturated carbocycles. The molecular weight excluding hydrogens is 274 g/mol. The number of carbonyl (C=O) groups excluding carboxylic acids is 1. The number of thiazole rings is 1. The van der Waals surface area contributed by atoms with E-state index < -0.39 is 0 Å². The smallest absolute Gasteiger partial charge is 0.251 e. The number of aromatic nitrogens is 1. The molecule has 6 heteroatoms. The Labute approximate surface area is 121 Å². The van der Waals surface area contributed by atoms with Gasteiger partial charge in [-0.1, -0.05) is 0 Å². The fourth-order valence-electron chi connectivity index (χ4n) is 1.72. The number of benzene rings is 1. The molecule has 5 nitrogen and oxygen atoms in total. The lowest BCUT2D eigenvalue weighted by Crippen LogP contribution is -2.22. The molecule has 1 heterocycles. The number of nitrogen functional groups attached to an aromatic ring is 1. The fraction of sp³-hybridized carbons (Fsp3) is 0.286. The summed E-state index contributed by atoms with van der Waals surface area (Å²) in [5.74, 6) is 0.423. The van der Waals surface area contributed by atoms with Crippen molar-refractivity contribution < 1.29 is 9.53 Å². The Kier molecular flexibility index (Phi) is 4.57. The van der Waals surface area contributed by atoms with Crippen LogP contribution in [0.2, 0.25) is 0 Å². The first-order valence-corrected chi connectivity index (χ1v) is 7.19. The molecule has 20 heavy (non-hydrogen) atoms. The zero-order valence-corrected chi connectivity index (χ0v) is 12.3. The van der Waals surface area contributed by atoms with E-state index in [9.17, 15) is 4.79 Å². The van der Waals surface area contributed by atoms with Gasteiger partial charge in [0.2, 0.25) is 0 Å². The van der Waals surface area contributed by atoms with Crippen LogP contribution >= 0.6 is 11.3 Å². The van der Waals surface area contributed by atoms with Crippen molar-refractivity contribution >= 4 is 22.9 Å². The van der Waals surface area contributed by atoms with Gasteiger partial charge < -0.3 is 15.8 Å². The molecule has 0 aliphatic rings. The first-order valence-electron chi connectivity index (χ1n) is 6.31. The number of nitrogens with one attached hydrogen (secondary N) is 1. The van der Waals surface area contributed by atoms with Crippen LogP contribution in [0.15, 0.2) is 23.6 Å². The van der Waals surface area contributed by atoms with Crippen molar-refractivity contribution in [1.82, 2.24) is 10.3 Å².